The molecule has 2 amide bonds. The van der Waals surface area contributed by atoms with E-state index in [1.807, 2.05) is 31.2 Å². The number of hydrogen-bond acceptors (Lipinski definition) is 3. The highest BCUT2D eigenvalue weighted by atomic mass is 16.5. The minimum absolute atomic E-state index is 0.120. The van der Waals surface area contributed by atoms with E-state index in [-0.39, 0.29) is 18.1 Å². The zero-order valence-electron chi connectivity index (χ0n) is 13.4. The SMILES string of the molecule is CCOc1ccccc1CNC(=O)N(C)CC1CCCC1O. The van der Waals surface area contributed by atoms with E-state index >= 15 is 0 Å². The Hall–Kier alpha value is -1.75. The number of hydrogen-bond donors (Lipinski definition) is 2. The molecule has 1 saturated carbocycles. The number of amides is 2. The third kappa shape index (κ3) is 4.37. The zero-order chi connectivity index (χ0) is 15.9. The number of nitrogens with zero attached hydrogens (tertiary/aromatic N) is 1. The Bertz CT molecular complexity index is 493. The van der Waals surface area contributed by atoms with Crippen LogP contribution in [0, 0.1) is 5.92 Å². The molecule has 5 nitrogen and oxygen atoms in total. The van der Waals surface area contributed by atoms with Gasteiger partial charge in [0.05, 0.1) is 12.7 Å². The quantitative estimate of drug-likeness (QED) is 0.848. The van der Waals surface area contributed by atoms with Crippen LogP contribution in [0.3, 0.4) is 0 Å². The van der Waals surface area contributed by atoms with E-state index in [0.717, 1.165) is 30.6 Å². The highest BCUT2D eigenvalue weighted by molar-refractivity contribution is 5.73. The van der Waals surface area contributed by atoms with E-state index in [0.29, 0.717) is 19.7 Å². The van der Waals surface area contributed by atoms with Crippen LogP contribution in [0.4, 0.5) is 4.79 Å². The molecule has 1 aliphatic carbocycles. The molecule has 5 heteroatoms. The van der Waals surface area contributed by atoms with Gasteiger partial charge in [-0.15, -0.1) is 0 Å². The van der Waals surface area contributed by atoms with E-state index in [2.05, 4.69) is 5.32 Å². The molecule has 0 aromatic heterocycles. The lowest BCUT2D eigenvalue weighted by atomic mass is 10.1. The Balaban J connectivity index is 1.84. The maximum absolute atomic E-state index is 12.2. The minimum Gasteiger partial charge on any atom is -0.494 e. The van der Waals surface area contributed by atoms with Gasteiger partial charge >= 0.3 is 6.03 Å². The third-order valence-corrected chi connectivity index (χ3v) is 4.18. The maximum atomic E-state index is 12.2. The second-order valence-corrected chi connectivity index (χ2v) is 5.84. The van der Waals surface area contributed by atoms with Crippen molar-refractivity contribution in [3.05, 3.63) is 29.8 Å². The first-order valence-electron chi connectivity index (χ1n) is 7.99. The van der Waals surface area contributed by atoms with Gasteiger partial charge in [0.1, 0.15) is 5.75 Å². The highest BCUT2D eigenvalue weighted by Gasteiger charge is 2.27. The molecule has 0 radical (unpaired) electrons. The molecular weight excluding hydrogens is 280 g/mol. The van der Waals surface area contributed by atoms with Gasteiger partial charge in [-0.3, -0.25) is 0 Å². The standard InChI is InChI=1S/C17H26N2O3/c1-3-22-16-10-5-4-7-13(16)11-18-17(21)19(2)12-14-8-6-9-15(14)20/h4-5,7,10,14-15,20H,3,6,8-9,11-12H2,1-2H3,(H,18,21). The molecule has 0 aliphatic heterocycles. The number of urea groups is 1. The lowest BCUT2D eigenvalue weighted by Crippen LogP contribution is -2.40. The monoisotopic (exact) mass is 306 g/mol. The fourth-order valence-corrected chi connectivity index (χ4v) is 2.92. The Morgan fingerprint density at radius 2 is 2.18 bits per heavy atom. The van der Waals surface area contributed by atoms with Crippen molar-refractivity contribution >= 4 is 6.03 Å². The molecule has 2 atom stereocenters. The average Bonchev–Trinajstić information content (AvgIpc) is 2.91. The Morgan fingerprint density at radius 1 is 1.41 bits per heavy atom. The molecule has 0 spiro atoms. The van der Waals surface area contributed by atoms with Crippen LogP contribution in [0.2, 0.25) is 0 Å². The number of ether oxygens (including phenoxy) is 1. The Kier molecular flexibility index (Phi) is 6.07. The van der Waals surface area contributed by atoms with Crippen LogP contribution >= 0.6 is 0 Å². The van der Waals surface area contributed by atoms with Gasteiger partial charge in [-0.05, 0) is 25.8 Å². The van der Waals surface area contributed by atoms with Crippen LogP contribution < -0.4 is 10.1 Å². The summed E-state index contributed by atoms with van der Waals surface area (Å²) in [6.45, 7) is 3.58. The van der Waals surface area contributed by atoms with Crippen LogP contribution in [-0.4, -0.2) is 42.3 Å². The van der Waals surface area contributed by atoms with Crippen molar-refractivity contribution in [1.29, 1.82) is 0 Å². The van der Waals surface area contributed by atoms with Gasteiger partial charge < -0.3 is 20.1 Å². The second kappa shape index (κ2) is 8.03. The number of aliphatic hydroxyl groups excluding tert-OH is 1. The van der Waals surface area contributed by atoms with Gasteiger partial charge in [-0.1, -0.05) is 24.6 Å². The molecule has 2 rings (SSSR count). The van der Waals surface area contributed by atoms with Crippen molar-refractivity contribution in [2.24, 2.45) is 5.92 Å². The van der Waals surface area contributed by atoms with Crippen LogP contribution in [0.1, 0.15) is 31.7 Å². The number of rotatable bonds is 6. The zero-order valence-corrected chi connectivity index (χ0v) is 13.4. The third-order valence-electron chi connectivity index (χ3n) is 4.18. The lowest BCUT2D eigenvalue weighted by Gasteiger charge is -2.23. The molecule has 122 valence electrons. The molecule has 1 aliphatic rings. The minimum atomic E-state index is -0.270. The predicted octanol–water partition coefficient (Wildman–Crippen LogP) is 2.39. The van der Waals surface area contributed by atoms with Crippen molar-refractivity contribution < 1.29 is 14.6 Å². The molecule has 22 heavy (non-hydrogen) atoms. The number of aliphatic hydroxyl groups is 1. The normalized spacial score (nSPS) is 20.7. The number of carbonyl (C=O) groups excluding carboxylic acids is 1. The van der Waals surface area contributed by atoms with Crippen molar-refractivity contribution in [1.82, 2.24) is 10.2 Å². The summed E-state index contributed by atoms with van der Waals surface area (Å²) in [4.78, 5) is 13.8. The molecule has 1 fully saturated rings. The van der Waals surface area contributed by atoms with Crippen molar-refractivity contribution in [3.63, 3.8) is 0 Å². The van der Waals surface area contributed by atoms with Crippen LogP contribution in [-0.2, 0) is 6.54 Å². The number of para-hydroxylation sites is 1. The van der Waals surface area contributed by atoms with E-state index in [9.17, 15) is 9.90 Å². The van der Waals surface area contributed by atoms with Crippen molar-refractivity contribution in [3.8, 4) is 5.75 Å². The van der Waals surface area contributed by atoms with Crippen molar-refractivity contribution in [2.75, 3.05) is 20.2 Å². The van der Waals surface area contributed by atoms with Gasteiger partial charge in [0.15, 0.2) is 0 Å². The Labute approximate surface area is 132 Å². The molecule has 2 N–H and O–H groups in total. The average molecular weight is 306 g/mol. The molecule has 1 aromatic rings. The molecule has 2 unspecified atom stereocenters. The van der Waals surface area contributed by atoms with Crippen LogP contribution in [0.15, 0.2) is 24.3 Å². The lowest BCUT2D eigenvalue weighted by molar-refractivity contribution is 0.114. The first-order chi connectivity index (χ1) is 10.6. The summed E-state index contributed by atoms with van der Waals surface area (Å²) in [5, 5.41) is 12.8. The molecule has 0 saturated heterocycles. The van der Waals surface area contributed by atoms with Crippen LogP contribution in [0.5, 0.6) is 5.75 Å². The summed E-state index contributed by atoms with van der Waals surface area (Å²) in [5.74, 6) is 1.01. The summed E-state index contributed by atoms with van der Waals surface area (Å²) in [7, 11) is 1.77. The summed E-state index contributed by atoms with van der Waals surface area (Å²) in [5.41, 5.74) is 0.965. The van der Waals surface area contributed by atoms with Gasteiger partial charge in [0.25, 0.3) is 0 Å². The van der Waals surface area contributed by atoms with Gasteiger partial charge in [-0.25, -0.2) is 4.79 Å². The topological polar surface area (TPSA) is 61.8 Å². The summed E-state index contributed by atoms with van der Waals surface area (Å²) in [6.07, 6.45) is 2.62. The summed E-state index contributed by atoms with van der Waals surface area (Å²) >= 11 is 0. The first-order valence-corrected chi connectivity index (χ1v) is 7.99. The highest BCUT2D eigenvalue weighted by Crippen LogP contribution is 2.26. The van der Waals surface area contributed by atoms with Crippen LogP contribution in [0.25, 0.3) is 0 Å². The van der Waals surface area contributed by atoms with Gasteiger partial charge in [-0.2, -0.15) is 0 Å². The first kappa shape index (κ1) is 16.6. The number of nitrogens with one attached hydrogen (secondary N) is 1. The second-order valence-electron chi connectivity index (χ2n) is 5.84. The molecule has 0 heterocycles. The number of benzene rings is 1. The van der Waals surface area contributed by atoms with E-state index in [1.54, 1.807) is 11.9 Å². The fourth-order valence-electron chi connectivity index (χ4n) is 2.92. The summed E-state index contributed by atoms with van der Waals surface area (Å²) in [6, 6.07) is 7.59. The van der Waals surface area contributed by atoms with Gasteiger partial charge in [0.2, 0.25) is 0 Å². The molecule has 0 bridgehead atoms. The summed E-state index contributed by atoms with van der Waals surface area (Å²) < 4.78 is 5.55. The smallest absolute Gasteiger partial charge is 0.317 e. The van der Waals surface area contributed by atoms with E-state index in [4.69, 9.17) is 4.74 Å². The fraction of sp³-hybridized carbons (Fsp3) is 0.588. The van der Waals surface area contributed by atoms with Crippen molar-refractivity contribution in [2.45, 2.75) is 38.8 Å². The predicted molar refractivity (Wildman–Crippen MR) is 85.8 cm³/mol. The molecular formula is C17H26N2O3. The van der Waals surface area contributed by atoms with E-state index in [1.165, 1.54) is 0 Å². The Morgan fingerprint density at radius 3 is 2.86 bits per heavy atom. The largest absolute Gasteiger partial charge is 0.494 e. The molecule has 1 aromatic carbocycles. The number of carbonyl (C=O) groups is 1. The van der Waals surface area contributed by atoms with E-state index < -0.39 is 0 Å². The maximum Gasteiger partial charge on any atom is 0.317 e. The van der Waals surface area contributed by atoms with Gasteiger partial charge in [0, 0.05) is 31.6 Å².